The largest absolute Gasteiger partial charge is 0.254 e. The Balaban J connectivity index is 2.08. The number of nitrogens with zero attached hydrogens (tertiary/aromatic N) is 1. The Morgan fingerprint density at radius 2 is 2.00 bits per heavy atom. The summed E-state index contributed by atoms with van der Waals surface area (Å²) >= 11 is 1.72. The van der Waals surface area contributed by atoms with Gasteiger partial charge in [0.15, 0.2) is 0 Å². The van der Waals surface area contributed by atoms with Crippen molar-refractivity contribution in [2.75, 3.05) is 0 Å². The first kappa shape index (κ1) is 8.57. The molecule has 1 aliphatic rings. The molecular formula is C11H11NS. The second-order valence-corrected chi connectivity index (χ2v) is 4.15. The molecule has 0 radical (unpaired) electrons. The van der Waals surface area contributed by atoms with Crippen molar-refractivity contribution >= 4 is 18.0 Å². The third-order valence-electron chi connectivity index (χ3n) is 1.81. The quantitative estimate of drug-likeness (QED) is 0.695. The summed E-state index contributed by atoms with van der Waals surface area (Å²) in [5, 5.41) is 1.11. The van der Waals surface area contributed by atoms with Gasteiger partial charge in [-0.25, -0.2) is 0 Å². The van der Waals surface area contributed by atoms with Crippen LogP contribution in [0.3, 0.4) is 0 Å². The lowest BCUT2D eigenvalue weighted by Crippen LogP contribution is -1.81. The van der Waals surface area contributed by atoms with Crippen molar-refractivity contribution in [3.63, 3.8) is 0 Å². The first-order valence-corrected chi connectivity index (χ1v) is 5.15. The zero-order chi connectivity index (χ0) is 9.10. The van der Waals surface area contributed by atoms with Gasteiger partial charge in [0.1, 0.15) is 0 Å². The summed E-state index contributed by atoms with van der Waals surface area (Å²) in [5.41, 5.74) is 0. The Labute approximate surface area is 82.6 Å². The predicted molar refractivity (Wildman–Crippen MR) is 58.0 cm³/mol. The summed E-state index contributed by atoms with van der Waals surface area (Å²) in [4.78, 5) is 5.56. The van der Waals surface area contributed by atoms with E-state index >= 15 is 0 Å². The second-order valence-electron chi connectivity index (χ2n) is 3.06. The fourth-order valence-corrected chi connectivity index (χ4v) is 2.10. The van der Waals surface area contributed by atoms with Crippen LogP contribution in [-0.4, -0.2) is 6.21 Å². The van der Waals surface area contributed by atoms with Gasteiger partial charge in [0.2, 0.25) is 0 Å². The minimum Gasteiger partial charge on any atom is -0.254 e. The topological polar surface area (TPSA) is 12.4 Å². The van der Waals surface area contributed by atoms with Crippen LogP contribution in [0.5, 0.6) is 0 Å². The summed E-state index contributed by atoms with van der Waals surface area (Å²) in [5.74, 6) is 0.492. The van der Waals surface area contributed by atoms with Crippen molar-refractivity contribution in [1.82, 2.24) is 0 Å². The molecule has 1 atom stereocenters. The van der Waals surface area contributed by atoms with E-state index in [0.29, 0.717) is 5.92 Å². The number of aliphatic imine (C=N–C) groups is 1. The van der Waals surface area contributed by atoms with E-state index in [1.807, 2.05) is 24.4 Å². The van der Waals surface area contributed by atoms with E-state index in [1.54, 1.807) is 11.8 Å². The normalized spacial score (nSPS) is 20.4. The molecule has 0 aliphatic carbocycles. The van der Waals surface area contributed by atoms with Crippen LogP contribution in [0, 0.1) is 5.92 Å². The highest BCUT2D eigenvalue weighted by Gasteiger charge is 2.06. The fraction of sp³-hybridized carbons (Fsp3) is 0.182. The lowest BCUT2D eigenvalue weighted by molar-refractivity contribution is 1.05. The standard InChI is InChI=1S/C11H11NS/c1-9-7-11(12-8-9)13-10-5-3-2-4-6-10/h2-9H,1H3. The van der Waals surface area contributed by atoms with E-state index in [2.05, 4.69) is 30.1 Å². The minimum absolute atomic E-state index is 0.492. The molecule has 0 aromatic heterocycles. The number of allylic oxidation sites excluding steroid dienone is 1. The zero-order valence-electron chi connectivity index (χ0n) is 7.47. The third-order valence-corrected chi connectivity index (χ3v) is 2.77. The third kappa shape index (κ3) is 2.22. The molecule has 0 spiro atoms. The smallest absolute Gasteiger partial charge is 0.0970 e. The number of benzene rings is 1. The van der Waals surface area contributed by atoms with Gasteiger partial charge in [-0.15, -0.1) is 0 Å². The molecule has 1 nitrogen and oxygen atoms in total. The summed E-state index contributed by atoms with van der Waals surface area (Å²) < 4.78 is 0. The first-order valence-electron chi connectivity index (χ1n) is 4.33. The van der Waals surface area contributed by atoms with Gasteiger partial charge in [-0.3, -0.25) is 4.99 Å². The van der Waals surface area contributed by atoms with Crippen molar-refractivity contribution in [2.24, 2.45) is 10.9 Å². The van der Waals surface area contributed by atoms with Crippen molar-refractivity contribution in [3.8, 4) is 0 Å². The molecule has 1 aromatic carbocycles. The highest BCUT2D eigenvalue weighted by molar-refractivity contribution is 8.03. The van der Waals surface area contributed by atoms with E-state index in [4.69, 9.17) is 0 Å². The van der Waals surface area contributed by atoms with Gasteiger partial charge in [-0.1, -0.05) is 36.9 Å². The Hall–Kier alpha value is -1.02. The number of hydrogen-bond acceptors (Lipinski definition) is 2. The Bertz CT molecular complexity index is 340. The molecule has 1 unspecified atom stereocenters. The lowest BCUT2D eigenvalue weighted by Gasteiger charge is -1.97. The highest BCUT2D eigenvalue weighted by atomic mass is 32.2. The molecule has 0 amide bonds. The van der Waals surface area contributed by atoms with E-state index in [0.717, 1.165) is 5.03 Å². The van der Waals surface area contributed by atoms with Crippen molar-refractivity contribution in [2.45, 2.75) is 11.8 Å². The number of thioether (sulfide) groups is 1. The van der Waals surface area contributed by atoms with Gasteiger partial charge in [0.25, 0.3) is 0 Å². The molecular weight excluding hydrogens is 178 g/mol. The second kappa shape index (κ2) is 3.79. The van der Waals surface area contributed by atoms with Crippen molar-refractivity contribution in [1.29, 1.82) is 0 Å². The number of rotatable bonds is 2. The summed E-state index contributed by atoms with van der Waals surface area (Å²) in [6, 6.07) is 10.3. The highest BCUT2D eigenvalue weighted by Crippen LogP contribution is 2.30. The fourth-order valence-electron chi connectivity index (χ4n) is 1.17. The molecule has 0 saturated carbocycles. The van der Waals surface area contributed by atoms with Crippen LogP contribution in [0.25, 0.3) is 0 Å². The maximum Gasteiger partial charge on any atom is 0.0970 e. The van der Waals surface area contributed by atoms with E-state index in [-0.39, 0.29) is 0 Å². The molecule has 0 fully saturated rings. The molecule has 0 bridgehead atoms. The summed E-state index contributed by atoms with van der Waals surface area (Å²) in [6.45, 7) is 2.14. The average Bonchev–Trinajstić information content (AvgIpc) is 2.53. The van der Waals surface area contributed by atoms with Crippen LogP contribution in [0.1, 0.15) is 6.92 Å². The lowest BCUT2D eigenvalue weighted by atomic mass is 10.2. The van der Waals surface area contributed by atoms with E-state index < -0.39 is 0 Å². The maximum atomic E-state index is 4.31. The van der Waals surface area contributed by atoms with Gasteiger partial charge in [0, 0.05) is 17.0 Å². The molecule has 0 N–H and O–H groups in total. The molecule has 13 heavy (non-hydrogen) atoms. The van der Waals surface area contributed by atoms with Crippen LogP contribution in [0.2, 0.25) is 0 Å². The zero-order valence-corrected chi connectivity index (χ0v) is 8.29. The minimum atomic E-state index is 0.492. The predicted octanol–water partition coefficient (Wildman–Crippen LogP) is 3.34. The van der Waals surface area contributed by atoms with Crippen LogP contribution in [0.15, 0.2) is 51.3 Å². The van der Waals surface area contributed by atoms with E-state index in [1.165, 1.54) is 4.90 Å². The molecule has 2 heteroatoms. The van der Waals surface area contributed by atoms with Crippen LogP contribution < -0.4 is 0 Å². The number of hydrogen-bond donors (Lipinski definition) is 0. The molecule has 66 valence electrons. The first-order chi connectivity index (χ1) is 6.34. The van der Waals surface area contributed by atoms with Crippen molar-refractivity contribution < 1.29 is 0 Å². The van der Waals surface area contributed by atoms with Crippen molar-refractivity contribution in [3.05, 3.63) is 41.4 Å². The average molecular weight is 189 g/mol. The Kier molecular flexibility index (Phi) is 2.50. The van der Waals surface area contributed by atoms with Crippen LogP contribution in [0.4, 0.5) is 0 Å². The molecule has 2 rings (SSSR count). The van der Waals surface area contributed by atoms with Gasteiger partial charge >= 0.3 is 0 Å². The Morgan fingerprint density at radius 1 is 1.23 bits per heavy atom. The van der Waals surface area contributed by atoms with Gasteiger partial charge in [-0.2, -0.15) is 0 Å². The summed E-state index contributed by atoms with van der Waals surface area (Å²) in [6.07, 6.45) is 4.16. The van der Waals surface area contributed by atoms with Crippen LogP contribution >= 0.6 is 11.8 Å². The molecule has 1 heterocycles. The molecule has 0 saturated heterocycles. The van der Waals surface area contributed by atoms with Gasteiger partial charge in [0.05, 0.1) is 5.03 Å². The molecule has 1 aliphatic heterocycles. The SMILES string of the molecule is CC1C=NC(Sc2ccccc2)=C1. The van der Waals surface area contributed by atoms with Crippen LogP contribution in [-0.2, 0) is 0 Å². The van der Waals surface area contributed by atoms with E-state index in [9.17, 15) is 0 Å². The van der Waals surface area contributed by atoms with Gasteiger partial charge in [-0.05, 0) is 18.2 Å². The maximum absolute atomic E-state index is 4.31. The Morgan fingerprint density at radius 3 is 2.62 bits per heavy atom. The summed E-state index contributed by atoms with van der Waals surface area (Å²) in [7, 11) is 0. The van der Waals surface area contributed by atoms with Gasteiger partial charge < -0.3 is 0 Å². The molecule has 1 aromatic rings. The monoisotopic (exact) mass is 189 g/mol.